The second-order valence-corrected chi connectivity index (χ2v) is 3.61. The summed E-state index contributed by atoms with van der Waals surface area (Å²) >= 11 is 0. The van der Waals surface area contributed by atoms with E-state index >= 15 is 0 Å². The number of aryl methyl sites for hydroxylation is 1. The molecule has 0 unspecified atom stereocenters. The second kappa shape index (κ2) is 4.84. The van der Waals surface area contributed by atoms with Crippen LogP contribution in [0.3, 0.4) is 0 Å². The van der Waals surface area contributed by atoms with Gasteiger partial charge in [0, 0.05) is 0 Å². The van der Waals surface area contributed by atoms with E-state index < -0.39 is 16.4 Å². The Bertz CT molecular complexity index is 648. The van der Waals surface area contributed by atoms with Crippen LogP contribution in [-0.4, -0.2) is 14.9 Å². The summed E-state index contributed by atoms with van der Waals surface area (Å²) in [5.74, 6) is -1.41. The first-order chi connectivity index (χ1) is 8.99. The predicted octanol–water partition coefficient (Wildman–Crippen LogP) is 2.21. The van der Waals surface area contributed by atoms with Crippen LogP contribution in [0, 0.1) is 22.9 Å². The summed E-state index contributed by atoms with van der Waals surface area (Å²) < 4.78 is 18.6. The molecule has 0 atom stereocenters. The predicted molar refractivity (Wildman–Crippen MR) is 64.3 cm³/mol. The van der Waals surface area contributed by atoms with E-state index in [1.54, 1.807) is 0 Å². The Kier molecular flexibility index (Phi) is 3.23. The first-order valence-corrected chi connectivity index (χ1v) is 5.20. The number of hydrogen-bond donors (Lipinski definition) is 1. The van der Waals surface area contributed by atoms with Crippen LogP contribution in [0.25, 0.3) is 0 Å². The number of para-hydroxylation sites is 1. The van der Waals surface area contributed by atoms with E-state index in [0.717, 1.165) is 0 Å². The Morgan fingerprint density at radius 2 is 2.05 bits per heavy atom. The molecular weight excluding hydrogens is 255 g/mol. The monoisotopic (exact) mass is 264 g/mol. The number of rotatable bonds is 3. The molecule has 2 aromatic rings. The Balaban J connectivity index is 2.51. The molecule has 0 bridgehead atoms. The quantitative estimate of drug-likeness (QED) is 0.673. The zero-order valence-corrected chi connectivity index (χ0v) is 9.83. The minimum atomic E-state index is -0.703. The maximum absolute atomic E-state index is 13.4. The van der Waals surface area contributed by atoms with Crippen molar-refractivity contribution < 1.29 is 14.1 Å². The third kappa shape index (κ3) is 2.57. The molecule has 0 radical (unpaired) electrons. The normalized spacial score (nSPS) is 10.2. The van der Waals surface area contributed by atoms with Gasteiger partial charge in [-0.25, -0.2) is 9.37 Å². The van der Waals surface area contributed by atoms with Crippen molar-refractivity contribution in [1.82, 2.24) is 9.97 Å². The van der Waals surface area contributed by atoms with Crippen LogP contribution in [0.5, 0.6) is 11.6 Å². The Labute approximate surface area is 107 Å². The maximum Gasteiger partial charge on any atom is 0.352 e. The summed E-state index contributed by atoms with van der Waals surface area (Å²) in [6, 6.07) is 5.49. The number of benzene rings is 1. The molecule has 1 aromatic carbocycles. The Morgan fingerprint density at radius 3 is 2.68 bits per heavy atom. The van der Waals surface area contributed by atoms with Crippen molar-refractivity contribution in [2.45, 2.75) is 6.92 Å². The van der Waals surface area contributed by atoms with E-state index in [1.807, 2.05) is 0 Å². The molecule has 0 fully saturated rings. The molecule has 0 spiro atoms. The summed E-state index contributed by atoms with van der Waals surface area (Å²) in [6.45, 7) is 1.39. The zero-order valence-electron chi connectivity index (χ0n) is 9.83. The van der Waals surface area contributed by atoms with Gasteiger partial charge in [0.25, 0.3) is 0 Å². The first-order valence-electron chi connectivity index (χ1n) is 5.20. The van der Waals surface area contributed by atoms with Gasteiger partial charge in [-0.2, -0.15) is 4.98 Å². The van der Waals surface area contributed by atoms with Crippen molar-refractivity contribution >= 4 is 11.6 Å². The Hall–Kier alpha value is -2.77. The number of aromatic nitrogens is 2. The van der Waals surface area contributed by atoms with Gasteiger partial charge in [-0.05, 0) is 19.1 Å². The number of nitrogens with zero attached hydrogens (tertiary/aromatic N) is 3. The largest absolute Gasteiger partial charge is 0.430 e. The molecule has 0 aliphatic rings. The van der Waals surface area contributed by atoms with Gasteiger partial charge < -0.3 is 10.5 Å². The fourth-order valence-corrected chi connectivity index (χ4v) is 1.47. The topological polar surface area (TPSA) is 104 Å². The van der Waals surface area contributed by atoms with Crippen molar-refractivity contribution in [1.29, 1.82) is 0 Å². The summed E-state index contributed by atoms with van der Waals surface area (Å²) in [5.41, 5.74) is 5.00. The van der Waals surface area contributed by atoms with Gasteiger partial charge in [-0.3, -0.25) is 10.1 Å². The zero-order chi connectivity index (χ0) is 14.0. The lowest BCUT2D eigenvalue weighted by molar-refractivity contribution is -0.386. The number of anilines is 1. The van der Waals surface area contributed by atoms with E-state index in [-0.39, 0.29) is 23.3 Å². The summed E-state index contributed by atoms with van der Waals surface area (Å²) in [5, 5.41) is 10.9. The van der Waals surface area contributed by atoms with Gasteiger partial charge >= 0.3 is 11.6 Å². The summed E-state index contributed by atoms with van der Waals surface area (Å²) in [6.07, 6.45) is 0. The average Bonchev–Trinajstić information content (AvgIpc) is 2.30. The third-order valence-corrected chi connectivity index (χ3v) is 2.27. The molecule has 7 nitrogen and oxygen atoms in total. The fraction of sp³-hybridized carbons (Fsp3) is 0.0909. The number of hydrogen-bond acceptors (Lipinski definition) is 6. The molecule has 0 saturated heterocycles. The van der Waals surface area contributed by atoms with Gasteiger partial charge in [-0.15, -0.1) is 0 Å². The molecule has 19 heavy (non-hydrogen) atoms. The molecular formula is C11H9FN4O3. The Morgan fingerprint density at radius 1 is 1.37 bits per heavy atom. The highest BCUT2D eigenvalue weighted by molar-refractivity contribution is 5.49. The maximum atomic E-state index is 13.4. The molecule has 0 amide bonds. The third-order valence-electron chi connectivity index (χ3n) is 2.27. The van der Waals surface area contributed by atoms with E-state index in [4.69, 9.17) is 10.5 Å². The molecule has 0 saturated carbocycles. The van der Waals surface area contributed by atoms with E-state index in [1.165, 1.54) is 31.2 Å². The lowest BCUT2D eigenvalue weighted by atomic mass is 10.3. The van der Waals surface area contributed by atoms with Crippen LogP contribution in [0.15, 0.2) is 24.3 Å². The van der Waals surface area contributed by atoms with Crippen molar-refractivity contribution in [3.05, 3.63) is 45.9 Å². The summed E-state index contributed by atoms with van der Waals surface area (Å²) in [4.78, 5) is 17.5. The smallest absolute Gasteiger partial charge is 0.352 e. The van der Waals surface area contributed by atoms with Crippen molar-refractivity contribution in [2.24, 2.45) is 0 Å². The van der Waals surface area contributed by atoms with Crippen LogP contribution in [0.2, 0.25) is 0 Å². The molecule has 0 aliphatic carbocycles. The molecule has 2 N–H and O–H groups in total. The van der Waals surface area contributed by atoms with Crippen molar-refractivity contribution in [2.75, 3.05) is 5.73 Å². The number of nitro groups is 1. The SMILES string of the molecule is Cc1nc(N)nc(Oc2ccccc2F)c1[N+](=O)[O-]. The highest BCUT2D eigenvalue weighted by atomic mass is 19.1. The number of ether oxygens (including phenoxy) is 1. The van der Waals surface area contributed by atoms with Crippen LogP contribution < -0.4 is 10.5 Å². The molecule has 8 heteroatoms. The standard InChI is InChI=1S/C11H9FN4O3/c1-6-9(16(17)18)10(15-11(13)14-6)19-8-5-3-2-4-7(8)12/h2-5H,1H3,(H2,13,14,15). The van der Waals surface area contributed by atoms with E-state index in [0.29, 0.717) is 0 Å². The van der Waals surface area contributed by atoms with Crippen molar-refractivity contribution in [3.63, 3.8) is 0 Å². The van der Waals surface area contributed by atoms with Crippen LogP contribution in [0.4, 0.5) is 16.0 Å². The lowest BCUT2D eigenvalue weighted by Gasteiger charge is -2.07. The minimum absolute atomic E-state index is 0.0452. The molecule has 0 aliphatic heterocycles. The van der Waals surface area contributed by atoms with Gasteiger partial charge in [0.2, 0.25) is 5.95 Å². The number of nitrogen functional groups attached to an aromatic ring is 1. The van der Waals surface area contributed by atoms with E-state index in [9.17, 15) is 14.5 Å². The van der Waals surface area contributed by atoms with Gasteiger partial charge in [0.1, 0.15) is 5.69 Å². The molecule has 1 heterocycles. The van der Waals surface area contributed by atoms with Gasteiger partial charge in [-0.1, -0.05) is 12.1 Å². The van der Waals surface area contributed by atoms with Crippen LogP contribution >= 0.6 is 0 Å². The molecule has 1 aromatic heterocycles. The minimum Gasteiger partial charge on any atom is -0.430 e. The highest BCUT2D eigenvalue weighted by Crippen LogP contribution is 2.32. The molecule has 2 rings (SSSR count). The van der Waals surface area contributed by atoms with Crippen LogP contribution in [0.1, 0.15) is 5.69 Å². The van der Waals surface area contributed by atoms with Crippen molar-refractivity contribution in [3.8, 4) is 11.6 Å². The molecule has 98 valence electrons. The van der Waals surface area contributed by atoms with E-state index in [2.05, 4.69) is 9.97 Å². The number of nitrogens with two attached hydrogens (primary N) is 1. The fourth-order valence-electron chi connectivity index (χ4n) is 1.47. The van der Waals surface area contributed by atoms with Gasteiger partial charge in [0.15, 0.2) is 11.6 Å². The average molecular weight is 264 g/mol. The van der Waals surface area contributed by atoms with Gasteiger partial charge in [0.05, 0.1) is 4.92 Å². The van der Waals surface area contributed by atoms with Crippen LogP contribution in [-0.2, 0) is 0 Å². The second-order valence-electron chi connectivity index (χ2n) is 3.61. The highest BCUT2D eigenvalue weighted by Gasteiger charge is 2.24. The lowest BCUT2D eigenvalue weighted by Crippen LogP contribution is -2.05. The first kappa shape index (κ1) is 12.7. The summed E-state index contributed by atoms with van der Waals surface area (Å²) in [7, 11) is 0. The number of halogens is 1.